The van der Waals surface area contributed by atoms with Gasteiger partial charge in [0, 0.05) is 19.7 Å². The van der Waals surface area contributed by atoms with Gasteiger partial charge >= 0.3 is 0 Å². The highest BCUT2D eigenvalue weighted by Crippen LogP contribution is 2.10. The molecule has 0 aliphatic carbocycles. The first-order chi connectivity index (χ1) is 7.68. The molecule has 0 radical (unpaired) electrons. The van der Waals surface area contributed by atoms with E-state index >= 15 is 0 Å². The van der Waals surface area contributed by atoms with Gasteiger partial charge in [-0.15, -0.1) is 6.58 Å². The van der Waals surface area contributed by atoms with Crippen molar-refractivity contribution >= 4 is 0 Å². The third kappa shape index (κ3) is 6.26. The van der Waals surface area contributed by atoms with Crippen molar-refractivity contribution in [1.29, 1.82) is 0 Å². The fourth-order valence-electron chi connectivity index (χ4n) is 1.75. The maximum Gasteiger partial charge on any atom is 0.0700 e. The summed E-state index contributed by atoms with van der Waals surface area (Å²) in [7, 11) is 0. The molecule has 1 aliphatic rings. The Bertz CT molecular complexity index is 200. The molecule has 1 saturated heterocycles. The molecular weight excluding hydrogens is 202 g/mol. The average Bonchev–Trinajstić information content (AvgIpc) is 2.70. The molecule has 0 aromatic carbocycles. The van der Waals surface area contributed by atoms with Crippen molar-refractivity contribution in [2.45, 2.75) is 45.3 Å². The Kier molecular flexibility index (Phi) is 6.69. The normalized spacial score (nSPS) is 22.2. The largest absolute Gasteiger partial charge is 0.377 e. The molecule has 0 aromatic heterocycles. The van der Waals surface area contributed by atoms with Gasteiger partial charge in [-0.25, -0.2) is 0 Å². The van der Waals surface area contributed by atoms with Gasteiger partial charge in [-0.1, -0.05) is 5.57 Å². The highest BCUT2D eigenvalue weighted by Gasteiger charge is 2.14. The van der Waals surface area contributed by atoms with Crippen LogP contribution in [0.1, 0.15) is 33.1 Å². The van der Waals surface area contributed by atoms with E-state index in [1.807, 2.05) is 6.92 Å². The fraction of sp³-hybridized carbons (Fsp3) is 0.846. The molecule has 1 aliphatic heterocycles. The molecule has 0 saturated carbocycles. The van der Waals surface area contributed by atoms with E-state index in [4.69, 9.17) is 9.47 Å². The predicted octanol–water partition coefficient (Wildman–Crippen LogP) is 2.13. The van der Waals surface area contributed by atoms with Gasteiger partial charge in [0.05, 0.1) is 18.8 Å². The first-order valence-electron chi connectivity index (χ1n) is 6.27. The van der Waals surface area contributed by atoms with Gasteiger partial charge in [-0.2, -0.15) is 0 Å². The summed E-state index contributed by atoms with van der Waals surface area (Å²) in [6.07, 6.45) is 4.04. The van der Waals surface area contributed by atoms with Crippen molar-refractivity contribution in [3.05, 3.63) is 12.2 Å². The van der Waals surface area contributed by atoms with Gasteiger partial charge in [-0.05, 0) is 33.1 Å². The quantitative estimate of drug-likeness (QED) is 0.644. The van der Waals surface area contributed by atoms with Gasteiger partial charge in [0.2, 0.25) is 0 Å². The Hall–Kier alpha value is -0.380. The summed E-state index contributed by atoms with van der Waals surface area (Å²) in [6.45, 7) is 11.5. The highest BCUT2D eigenvalue weighted by atomic mass is 16.5. The van der Waals surface area contributed by atoms with Crippen molar-refractivity contribution in [1.82, 2.24) is 5.32 Å². The van der Waals surface area contributed by atoms with Gasteiger partial charge in [0.1, 0.15) is 0 Å². The molecule has 2 atom stereocenters. The molecule has 3 nitrogen and oxygen atoms in total. The van der Waals surface area contributed by atoms with Crippen LogP contribution < -0.4 is 5.32 Å². The van der Waals surface area contributed by atoms with E-state index in [-0.39, 0.29) is 6.10 Å². The second-order valence-corrected chi connectivity index (χ2v) is 4.68. The Morgan fingerprint density at radius 1 is 1.62 bits per heavy atom. The maximum absolute atomic E-state index is 5.65. The van der Waals surface area contributed by atoms with Crippen molar-refractivity contribution in [3.8, 4) is 0 Å². The van der Waals surface area contributed by atoms with E-state index in [0.717, 1.165) is 32.7 Å². The van der Waals surface area contributed by atoms with Crippen LogP contribution in [0.25, 0.3) is 0 Å². The standard InChI is InChI=1S/C13H25NO2/c1-11(2)6-8-15-12(3)9-14-10-13-5-4-7-16-13/h12-14H,1,4-10H2,2-3H3. The topological polar surface area (TPSA) is 30.5 Å². The molecule has 1 N–H and O–H groups in total. The molecule has 1 rings (SSSR count). The molecule has 3 heteroatoms. The lowest BCUT2D eigenvalue weighted by Gasteiger charge is -2.16. The van der Waals surface area contributed by atoms with Crippen LogP contribution in [0.5, 0.6) is 0 Å². The van der Waals surface area contributed by atoms with Gasteiger partial charge in [0.25, 0.3) is 0 Å². The lowest BCUT2D eigenvalue weighted by Crippen LogP contribution is -2.33. The Morgan fingerprint density at radius 2 is 2.44 bits per heavy atom. The minimum atomic E-state index is 0.265. The zero-order valence-electron chi connectivity index (χ0n) is 10.6. The molecule has 0 aromatic rings. The molecule has 94 valence electrons. The summed E-state index contributed by atoms with van der Waals surface area (Å²) in [4.78, 5) is 0. The monoisotopic (exact) mass is 227 g/mol. The van der Waals surface area contributed by atoms with E-state index in [0.29, 0.717) is 6.10 Å². The van der Waals surface area contributed by atoms with Crippen molar-refractivity contribution < 1.29 is 9.47 Å². The van der Waals surface area contributed by atoms with Crippen LogP contribution >= 0.6 is 0 Å². The van der Waals surface area contributed by atoms with Crippen LogP contribution in [0.15, 0.2) is 12.2 Å². The lowest BCUT2D eigenvalue weighted by molar-refractivity contribution is 0.0618. The first kappa shape index (κ1) is 13.7. The summed E-state index contributed by atoms with van der Waals surface area (Å²) < 4.78 is 11.2. The highest BCUT2D eigenvalue weighted by molar-refractivity contribution is 4.87. The molecular formula is C13H25NO2. The lowest BCUT2D eigenvalue weighted by atomic mass is 10.2. The third-order valence-corrected chi connectivity index (χ3v) is 2.76. The fourth-order valence-corrected chi connectivity index (χ4v) is 1.75. The zero-order valence-corrected chi connectivity index (χ0v) is 10.6. The van der Waals surface area contributed by atoms with Crippen LogP contribution in [-0.2, 0) is 9.47 Å². The van der Waals surface area contributed by atoms with Crippen LogP contribution in [0.2, 0.25) is 0 Å². The van der Waals surface area contributed by atoms with E-state index in [9.17, 15) is 0 Å². The predicted molar refractivity (Wildman–Crippen MR) is 66.7 cm³/mol. The Morgan fingerprint density at radius 3 is 3.06 bits per heavy atom. The Balaban J connectivity index is 1.92. The van der Waals surface area contributed by atoms with Gasteiger partial charge in [-0.3, -0.25) is 0 Å². The summed E-state index contributed by atoms with van der Waals surface area (Å²) >= 11 is 0. The van der Waals surface area contributed by atoms with Gasteiger partial charge in [0.15, 0.2) is 0 Å². The first-order valence-corrected chi connectivity index (χ1v) is 6.27. The Labute approximate surface area is 99.2 Å². The second-order valence-electron chi connectivity index (χ2n) is 4.68. The second kappa shape index (κ2) is 7.82. The van der Waals surface area contributed by atoms with Crippen LogP contribution in [0, 0.1) is 0 Å². The SMILES string of the molecule is C=C(C)CCOC(C)CNCC1CCCO1. The number of rotatable bonds is 8. The number of nitrogens with one attached hydrogen (secondary N) is 1. The van der Waals surface area contributed by atoms with E-state index < -0.39 is 0 Å². The van der Waals surface area contributed by atoms with Crippen LogP contribution in [-0.4, -0.2) is 38.5 Å². The van der Waals surface area contributed by atoms with E-state index in [2.05, 4.69) is 18.8 Å². The van der Waals surface area contributed by atoms with Gasteiger partial charge < -0.3 is 14.8 Å². The molecule has 1 heterocycles. The molecule has 2 unspecified atom stereocenters. The van der Waals surface area contributed by atoms with Crippen LogP contribution in [0.3, 0.4) is 0 Å². The molecule has 0 spiro atoms. The summed E-state index contributed by atoms with van der Waals surface area (Å²) in [5.41, 5.74) is 1.18. The molecule has 16 heavy (non-hydrogen) atoms. The van der Waals surface area contributed by atoms with Crippen LogP contribution in [0.4, 0.5) is 0 Å². The van der Waals surface area contributed by atoms with Crippen molar-refractivity contribution in [2.24, 2.45) is 0 Å². The maximum atomic E-state index is 5.65. The molecule has 0 bridgehead atoms. The van der Waals surface area contributed by atoms with Crippen molar-refractivity contribution in [3.63, 3.8) is 0 Å². The summed E-state index contributed by atoms with van der Waals surface area (Å²) in [5, 5.41) is 3.39. The molecule has 0 amide bonds. The number of hydrogen-bond acceptors (Lipinski definition) is 3. The minimum absolute atomic E-state index is 0.265. The van der Waals surface area contributed by atoms with Crippen molar-refractivity contribution in [2.75, 3.05) is 26.3 Å². The third-order valence-electron chi connectivity index (χ3n) is 2.76. The zero-order chi connectivity index (χ0) is 11.8. The smallest absolute Gasteiger partial charge is 0.0700 e. The number of hydrogen-bond donors (Lipinski definition) is 1. The minimum Gasteiger partial charge on any atom is -0.377 e. The van der Waals surface area contributed by atoms with E-state index in [1.165, 1.54) is 18.4 Å². The molecule has 1 fully saturated rings. The average molecular weight is 227 g/mol. The summed E-state index contributed by atoms with van der Waals surface area (Å²) in [5.74, 6) is 0. The summed E-state index contributed by atoms with van der Waals surface area (Å²) in [6, 6.07) is 0. The van der Waals surface area contributed by atoms with E-state index in [1.54, 1.807) is 0 Å². The number of ether oxygens (including phenoxy) is 2.